The van der Waals surface area contributed by atoms with Crippen LogP contribution < -0.4 is 10.5 Å². The van der Waals surface area contributed by atoms with E-state index in [0.29, 0.717) is 13.2 Å². The van der Waals surface area contributed by atoms with E-state index in [1.54, 1.807) is 18.0 Å². The maximum Gasteiger partial charge on any atom is 0.276 e. The zero-order chi connectivity index (χ0) is 15.9. The van der Waals surface area contributed by atoms with E-state index < -0.39 is 0 Å². The number of carbonyl (C=O) groups is 1. The summed E-state index contributed by atoms with van der Waals surface area (Å²) in [7, 11) is 1.69. The van der Waals surface area contributed by atoms with Crippen LogP contribution in [0, 0.1) is 0 Å². The van der Waals surface area contributed by atoms with Crippen molar-refractivity contribution in [2.75, 3.05) is 19.4 Å². The molecule has 0 unspecified atom stereocenters. The smallest absolute Gasteiger partial charge is 0.276 e. The quantitative estimate of drug-likeness (QED) is 0.824. The second-order valence-electron chi connectivity index (χ2n) is 4.70. The van der Waals surface area contributed by atoms with Crippen LogP contribution in [-0.2, 0) is 6.54 Å². The van der Waals surface area contributed by atoms with Gasteiger partial charge in [0, 0.05) is 26.0 Å². The van der Waals surface area contributed by atoms with Crippen molar-refractivity contribution in [2.45, 2.75) is 6.54 Å². The average molecular weight is 298 g/mol. The van der Waals surface area contributed by atoms with E-state index in [4.69, 9.17) is 10.5 Å². The SMILES string of the molecule is C=CCOc1ccc(CN(C)C(=O)c2nccnc2N)cc1. The fraction of sp³-hybridized carbons (Fsp3) is 0.188. The number of rotatable bonds is 6. The average Bonchev–Trinajstić information content (AvgIpc) is 2.54. The van der Waals surface area contributed by atoms with Crippen molar-refractivity contribution in [1.29, 1.82) is 0 Å². The standard InChI is InChI=1S/C16H18N4O2/c1-3-10-22-13-6-4-12(5-7-13)11-20(2)16(21)14-15(17)19-9-8-18-14/h3-9H,1,10-11H2,2H3,(H2,17,19). The van der Waals surface area contributed by atoms with Crippen LogP contribution in [0.4, 0.5) is 5.82 Å². The first-order chi connectivity index (χ1) is 10.6. The molecule has 0 fully saturated rings. The van der Waals surface area contributed by atoms with E-state index in [-0.39, 0.29) is 17.4 Å². The number of amides is 1. The van der Waals surface area contributed by atoms with Crippen molar-refractivity contribution >= 4 is 11.7 Å². The predicted molar refractivity (Wildman–Crippen MR) is 84.4 cm³/mol. The Kier molecular flexibility index (Phi) is 5.08. The van der Waals surface area contributed by atoms with E-state index >= 15 is 0 Å². The summed E-state index contributed by atoms with van der Waals surface area (Å²) in [4.78, 5) is 21.7. The van der Waals surface area contributed by atoms with Crippen LogP contribution in [0.5, 0.6) is 5.75 Å². The van der Waals surface area contributed by atoms with Crippen LogP contribution in [-0.4, -0.2) is 34.4 Å². The molecule has 0 aliphatic carbocycles. The Morgan fingerprint density at radius 3 is 2.64 bits per heavy atom. The zero-order valence-corrected chi connectivity index (χ0v) is 12.4. The molecule has 0 saturated heterocycles. The van der Waals surface area contributed by atoms with Crippen molar-refractivity contribution in [3.63, 3.8) is 0 Å². The van der Waals surface area contributed by atoms with Crippen molar-refractivity contribution < 1.29 is 9.53 Å². The molecule has 6 heteroatoms. The van der Waals surface area contributed by atoms with Crippen LogP contribution in [0.15, 0.2) is 49.3 Å². The third-order valence-corrected chi connectivity index (χ3v) is 2.99. The van der Waals surface area contributed by atoms with Gasteiger partial charge in [0.15, 0.2) is 11.5 Å². The Hall–Kier alpha value is -2.89. The summed E-state index contributed by atoms with van der Waals surface area (Å²) in [6.07, 6.45) is 4.59. The number of nitrogens with zero attached hydrogens (tertiary/aromatic N) is 3. The van der Waals surface area contributed by atoms with Crippen LogP contribution >= 0.6 is 0 Å². The third-order valence-electron chi connectivity index (χ3n) is 2.99. The number of benzene rings is 1. The molecule has 2 N–H and O–H groups in total. The molecular weight excluding hydrogens is 280 g/mol. The maximum atomic E-state index is 12.3. The van der Waals surface area contributed by atoms with E-state index in [2.05, 4.69) is 16.5 Å². The summed E-state index contributed by atoms with van der Waals surface area (Å²) in [6.45, 7) is 4.50. The molecule has 114 valence electrons. The van der Waals surface area contributed by atoms with Crippen LogP contribution in [0.3, 0.4) is 0 Å². The number of nitrogens with two attached hydrogens (primary N) is 1. The van der Waals surface area contributed by atoms with Gasteiger partial charge in [-0.3, -0.25) is 4.79 Å². The van der Waals surface area contributed by atoms with Crippen LogP contribution in [0.25, 0.3) is 0 Å². The molecule has 2 aromatic rings. The van der Waals surface area contributed by atoms with Gasteiger partial charge in [-0.25, -0.2) is 9.97 Å². The highest BCUT2D eigenvalue weighted by Gasteiger charge is 2.16. The van der Waals surface area contributed by atoms with Crippen LogP contribution in [0.2, 0.25) is 0 Å². The Morgan fingerprint density at radius 1 is 1.32 bits per heavy atom. The molecule has 0 radical (unpaired) electrons. The van der Waals surface area contributed by atoms with Gasteiger partial charge in [-0.05, 0) is 17.7 Å². The Balaban J connectivity index is 2.02. The summed E-state index contributed by atoms with van der Waals surface area (Å²) in [5, 5.41) is 0. The molecule has 0 spiro atoms. The van der Waals surface area contributed by atoms with Gasteiger partial charge in [0.25, 0.3) is 5.91 Å². The first-order valence-corrected chi connectivity index (χ1v) is 6.76. The number of aromatic nitrogens is 2. The third kappa shape index (κ3) is 3.82. The molecule has 22 heavy (non-hydrogen) atoms. The maximum absolute atomic E-state index is 12.3. The van der Waals surface area contributed by atoms with Crippen molar-refractivity contribution in [1.82, 2.24) is 14.9 Å². The Morgan fingerprint density at radius 2 is 2.00 bits per heavy atom. The minimum Gasteiger partial charge on any atom is -0.490 e. The molecule has 1 aromatic heterocycles. The highest BCUT2D eigenvalue weighted by atomic mass is 16.5. The minimum atomic E-state index is -0.266. The van der Waals surface area contributed by atoms with E-state index in [0.717, 1.165) is 11.3 Å². The lowest BCUT2D eigenvalue weighted by molar-refractivity contribution is 0.0780. The number of carbonyl (C=O) groups excluding carboxylic acids is 1. The second-order valence-corrected chi connectivity index (χ2v) is 4.70. The van der Waals surface area contributed by atoms with Gasteiger partial charge < -0.3 is 15.4 Å². The highest BCUT2D eigenvalue weighted by molar-refractivity contribution is 5.96. The van der Waals surface area contributed by atoms with Crippen molar-refractivity contribution in [3.8, 4) is 5.75 Å². The largest absolute Gasteiger partial charge is 0.490 e. The van der Waals surface area contributed by atoms with Crippen molar-refractivity contribution in [2.24, 2.45) is 0 Å². The lowest BCUT2D eigenvalue weighted by Crippen LogP contribution is -2.28. The Bertz CT molecular complexity index is 655. The summed E-state index contributed by atoms with van der Waals surface area (Å²) >= 11 is 0. The van der Waals surface area contributed by atoms with Crippen molar-refractivity contribution in [3.05, 3.63) is 60.6 Å². The summed E-state index contributed by atoms with van der Waals surface area (Å²) in [5.41, 5.74) is 6.81. The van der Waals surface area contributed by atoms with E-state index in [9.17, 15) is 4.79 Å². The van der Waals surface area contributed by atoms with Gasteiger partial charge in [0.1, 0.15) is 12.4 Å². The second kappa shape index (κ2) is 7.21. The molecule has 1 aromatic carbocycles. The topological polar surface area (TPSA) is 81.3 Å². The minimum absolute atomic E-state index is 0.132. The van der Waals surface area contributed by atoms with Gasteiger partial charge in [-0.2, -0.15) is 0 Å². The fourth-order valence-corrected chi connectivity index (χ4v) is 1.89. The van der Waals surface area contributed by atoms with E-state index in [1.165, 1.54) is 12.4 Å². The Labute approximate surface area is 129 Å². The molecule has 0 saturated carbocycles. The first-order valence-electron chi connectivity index (χ1n) is 6.76. The lowest BCUT2D eigenvalue weighted by atomic mass is 10.2. The normalized spacial score (nSPS) is 10.0. The fourth-order valence-electron chi connectivity index (χ4n) is 1.89. The molecular formula is C16H18N4O2. The molecule has 6 nitrogen and oxygen atoms in total. The number of hydrogen-bond donors (Lipinski definition) is 1. The summed E-state index contributed by atoms with van der Waals surface area (Å²) in [5.74, 6) is 0.626. The number of anilines is 1. The molecule has 2 rings (SSSR count). The number of nitrogen functional groups attached to an aromatic ring is 1. The lowest BCUT2D eigenvalue weighted by Gasteiger charge is -2.17. The van der Waals surface area contributed by atoms with E-state index in [1.807, 2.05) is 24.3 Å². The number of ether oxygens (including phenoxy) is 1. The predicted octanol–water partition coefficient (Wildman–Crippen LogP) is 1.90. The first kappa shape index (κ1) is 15.5. The molecule has 0 aliphatic heterocycles. The van der Waals surface area contributed by atoms with Gasteiger partial charge >= 0.3 is 0 Å². The molecule has 1 heterocycles. The number of hydrogen-bond acceptors (Lipinski definition) is 5. The molecule has 0 bridgehead atoms. The monoisotopic (exact) mass is 298 g/mol. The molecule has 0 atom stereocenters. The summed E-state index contributed by atoms with van der Waals surface area (Å²) in [6, 6.07) is 7.52. The van der Waals surface area contributed by atoms with Gasteiger partial charge in [0.2, 0.25) is 0 Å². The molecule has 1 amide bonds. The highest BCUT2D eigenvalue weighted by Crippen LogP contribution is 2.15. The van der Waals surface area contributed by atoms with Gasteiger partial charge in [0.05, 0.1) is 0 Å². The van der Waals surface area contributed by atoms with Gasteiger partial charge in [-0.1, -0.05) is 24.8 Å². The molecule has 0 aliphatic rings. The summed E-state index contributed by atoms with van der Waals surface area (Å²) < 4.78 is 5.41. The van der Waals surface area contributed by atoms with Crippen LogP contribution in [0.1, 0.15) is 16.1 Å². The van der Waals surface area contributed by atoms with Gasteiger partial charge in [-0.15, -0.1) is 0 Å². The zero-order valence-electron chi connectivity index (χ0n) is 12.4.